The summed E-state index contributed by atoms with van der Waals surface area (Å²) in [6, 6.07) is 0.224. The Labute approximate surface area is 109 Å². The first-order valence-corrected chi connectivity index (χ1v) is 7.44. The molecule has 0 bridgehead atoms. The summed E-state index contributed by atoms with van der Waals surface area (Å²) in [6.45, 7) is 1.21. The summed E-state index contributed by atoms with van der Waals surface area (Å²) in [6.07, 6.45) is 6.96. The average molecular weight is 252 g/mol. The highest BCUT2D eigenvalue weighted by Gasteiger charge is 2.43. The van der Waals surface area contributed by atoms with Crippen LogP contribution in [0.25, 0.3) is 0 Å². The maximum atomic E-state index is 12.4. The van der Waals surface area contributed by atoms with Gasteiger partial charge in [0.05, 0.1) is 6.04 Å². The van der Waals surface area contributed by atoms with Gasteiger partial charge in [-0.3, -0.25) is 4.79 Å². The third-order valence-electron chi connectivity index (χ3n) is 5.25. The number of rotatable bonds is 3. The van der Waals surface area contributed by atoms with Crippen LogP contribution in [-0.2, 0) is 4.79 Å². The van der Waals surface area contributed by atoms with Crippen LogP contribution in [0.2, 0.25) is 0 Å². The molecule has 3 fully saturated rings. The van der Waals surface area contributed by atoms with E-state index >= 15 is 0 Å². The average Bonchev–Trinajstić information content (AvgIpc) is 3.03. The van der Waals surface area contributed by atoms with Crippen molar-refractivity contribution < 1.29 is 9.90 Å². The van der Waals surface area contributed by atoms with E-state index in [1.807, 2.05) is 0 Å². The smallest absolute Gasteiger partial charge is 0.237 e. The predicted molar refractivity (Wildman–Crippen MR) is 69.0 cm³/mol. The molecule has 4 heteroatoms. The molecule has 1 saturated heterocycles. The summed E-state index contributed by atoms with van der Waals surface area (Å²) >= 11 is 0. The predicted octanol–water partition coefficient (Wildman–Crippen LogP) is 0.652. The van der Waals surface area contributed by atoms with Gasteiger partial charge in [-0.2, -0.15) is 0 Å². The van der Waals surface area contributed by atoms with Crippen molar-refractivity contribution in [2.24, 2.45) is 17.8 Å². The van der Waals surface area contributed by atoms with E-state index < -0.39 is 0 Å². The Kier molecular flexibility index (Phi) is 3.57. The summed E-state index contributed by atoms with van der Waals surface area (Å²) in [5, 5.41) is 15.9. The van der Waals surface area contributed by atoms with Crippen molar-refractivity contribution in [3.05, 3.63) is 0 Å². The molecular weight excluding hydrogens is 228 g/mol. The SMILES string of the molecule is O=C(NC1CCCC1CO)C1NCC2CCCC21. The summed E-state index contributed by atoms with van der Waals surface area (Å²) in [4.78, 5) is 12.4. The number of amides is 1. The number of fused-ring (bicyclic) bond motifs is 1. The minimum atomic E-state index is 0.0254. The fourth-order valence-corrected chi connectivity index (χ4v) is 4.19. The maximum absolute atomic E-state index is 12.4. The van der Waals surface area contributed by atoms with Gasteiger partial charge in [-0.1, -0.05) is 12.8 Å². The zero-order valence-electron chi connectivity index (χ0n) is 10.9. The van der Waals surface area contributed by atoms with Crippen LogP contribution < -0.4 is 10.6 Å². The summed E-state index contributed by atoms with van der Waals surface area (Å²) in [5.74, 6) is 1.72. The highest BCUT2D eigenvalue weighted by atomic mass is 16.3. The lowest BCUT2D eigenvalue weighted by Gasteiger charge is -2.23. The van der Waals surface area contributed by atoms with Crippen molar-refractivity contribution >= 4 is 5.91 Å². The van der Waals surface area contributed by atoms with E-state index in [2.05, 4.69) is 10.6 Å². The maximum Gasteiger partial charge on any atom is 0.237 e. The molecule has 3 aliphatic rings. The van der Waals surface area contributed by atoms with Crippen molar-refractivity contribution in [3.8, 4) is 0 Å². The number of nitrogens with one attached hydrogen (secondary N) is 2. The van der Waals surface area contributed by atoms with E-state index in [4.69, 9.17) is 0 Å². The third kappa shape index (κ3) is 2.16. The van der Waals surface area contributed by atoms with Crippen molar-refractivity contribution in [2.75, 3.05) is 13.2 Å². The quantitative estimate of drug-likeness (QED) is 0.691. The lowest BCUT2D eigenvalue weighted by Crippen LogP contribution is -2.49. The number of hydrogen-bond donors (Lipinski definition) is 3. The largest absolute Gasteiger partial charge is 0.396 e. The molecule has 0 spiro atoms. The van der Waals surface area contributed by atoms with Gasteiger partial charge < -0.3 is 15.7 Å². The number of aliphatic hydroxyl groups excluding tert-OH is 1. The van der Waals surface area contributed by atoms with Gasteiger partial charge in [-0.25, -0.2) is 0 Å². The van der Waals surface area contributed by atoms with Crippen LogP contribution in [0.4, 0.5) is 0 Å². The van der Waals surface area contributed by atoms with E-state index in [-0.39, 0.29) is 30.5 Å². The van der Waals surface area contributed by atoms with Gasteiger partial charge in [0.25, 0.3) is 0 Å². The topological polar surface area (TPSA) is 61.4 Å². The molecule has 3 N–H and O–H groups in total. The number of carbonyl (C=O) groups excluding carboxylic acids is 1. The van der Waals surface area contributed by atoms with E-state index in [0.29, 0.717) is 5.92 Å². The first-order valence-electron chi connectivity index (χ1n) is 7.44. The molecule has 4 nitrogen and oxygen atoms in total. The zero-order chi connectivity index (χ0) is 12.5. The molecule has 5 atom stereocenters. The van der Waals surface area contributed by atoms with Gasteiger partial charge in [0.15, 0.2) is 0 Å². The van der Waals surface area contributed by atoms with E-state index in [0.717, 1.165) is 31.7 Å². The zero-order valence-corrected chi connectivity index (χ0v) is 10.9. The second kappa shape index (κ2) is 5.17. The van der Waals surface area contributed by atoms with Gasteiger partial charge in [-0.15, -0.1) is 0 Å². The minimum Gasteiger partial charge on any atom is -0.396 e. The van der Waals surface area contributed by atoms with Gasteiger partial charge in [0.1, 0.15) is 0 Å². The lowest BCUT2D eigenvalue weighted by atomic mass is 9.93. The van der Waals surface area contributed by atoms with E-state index in [1.165, 1.54) is 19.3 Å². The van der Waals surface area contributed by atoms with Crippen LogP contribution in [0.1, 0.15) is 38.5 Å². The molecule has 18 heavy (non-hydrogen) atoms. The number of hydrogen-bond acceptors (Lipinski definition) is 3. The Morgan fingerprint density at radius 3 is 2.89 bits per heavy atom. The Morgan fingerprint density at radius 1 is 1.22 bits per heavy atom. The molecule has 1 amide bonds. The molecular formula is C14H24N2O2. The lowest BCUT2D eigenvalue weighted by molar-refractivity contribution is -0.124. The Hall–Kier alpha value is -0.610. The number of carbonyl (C=O) groups is 1. The molecule has 102 valence electrons. The van der Waals surface area contributed by atoms with E-state index in [9.17, 15) is 9.90 Å². The van der Waals surface area contributed by atoms with Crippen molar-refractivity contribution in [3.63, 3.8) is 0 Å². The molecule has 0 aromatic carbocycles. The minimum absolute atomic E-state index is 0.0254. The Bertz CT molecular complexity index is 321. The number of aliphatic hydroxyl groups is 1. The highest BCUT2D eigenvalue weighted by Crippen LogP contribution is 2.38. The molecule has 2 saturated carbocycles. The van der Waals surface area contributed by atoms with Crippen molar-refractivity contribution in [1.82, 2.24) is 10.6 Å². The second-order valence-electron chi connectivity index (χ2n) is 6.23. The monoisotopic (exact) mass is 252 g/mol. The normalized spacial score (nSPS) is 43.1. The standard InChI is InChI=1S/C14H24N2O2/c17-8-10-4-2-6-12(10)16-14(18)13-11-5-1-3-9(11)7-15-13/h9-13,15,17H,1-8H2,(H,16,18). The second-order valence-corrected chi connectivity index (χ2v) is 6.23. The summed E-state index contributed by atoms with van der Waals surface area (Å²) in [5.41, 5.74) is 0. The third-order valence-corrected chi connectivity index (χ3v) is 5.25. The molecule has 5 unspecified atom stereocenters. The molecule has 3 rings (SSSR count). The molecule has 0 radical (unpaired) electrons. The Balaban J connectivity index is 1.58. The van der Waals surface area contributed by atoms with Crippen molar-refractivity contribution in [1.29, 1.82) is 0 Å². The summed E-state index contributed by atoms with van der Waals surface area (Å²) in [7, 11) is 0. The molecule has 2 aliphatic carbocycles. The van der Waals surface area contributed by atoms with Gasteiger partial charge in [0, 0.05) is 18.6 Å². The molecule has 0 aromatic heterocycles. The van der Waals surface area contributed by atoms with E-state index in [1.54, 1.807) is 0 Å². The fraction of sp³-hybridized carbons (Fsp3) is 0.929. The van der Waals surface area contributed by atoms with Crippen LogP contribution in [-0.4, -0.2) is 36.2 Å². The van der Waals surface area contributed by atoms with Crippen LogP contribution in [0.5, 0.6) is 0 Å². The molecule has 0 aromatic rings. The van der Waals surface area contributed by atoms with Gasteiger partial charge in [0.2, 0.25) is 5.91 Å². The first kappa shape index (κ1) is 12.4. The van der Waals surface area contributed by atoms with Crippen LogP contribution in [0.3, 0.4) is 0 Å². The Morgan fingerprint density at radius 2 is 2.06 bits per heavy atom. The highest BCUT2D eigenvalue weighted by molar-refractivity contribution is 5.83. The van der Waals surface area contributed by atoms with Gasteiger partial charge in [-0.05, 0) is 44.1 Å². The summed E-state index contributed by atoms with van der Waals surface area (Å²) < 4.78 is 0. The van der Waals surface area contributed by atoms with Crippen LogP contribution >= 0.6 is 0 Å². The molecule has 1 aliphatic heterocycles. The van der Waals surface area contributed by atoms with Gasteiger partial charge >= 0.3 is 0 Å². The first-order chi connectivity index (χ1) is 8.79. The van der Waals surface area contributed by atoms with Crippen molar-refractivity contribution in [2.45, 2.75) is 50.6 Å². The van der Waals surface area contributed by atoms with Crippen LogP contribution in [0, 0.1) is 17.8 Å². The molecule has 1 heterocycles. The fourth-order valence-electron chi connectivity index (χ4n) is 4.19. The van der Waals surface area contributed by atoms with Crippen LogP contribution in [0.15, 0.2) is 0 Å².